The van der Waals surface area contributed by atoms with Gasteiger partial charge in [-0.25, -0.2) is 0 Å². The zero-order valence-corrected chi connectivity index (χ0v) is 24.8. The van der Waals surface area contributed by atoms with Crippen LogP contribution in [-0.4, -0.2) is 67.8 Å². The van der Waals surface area contributed by atoms with Crippen LogP contribution in [0.1, 0.15) is 54.6 Å². The van der Waals surface area contributed by atoms with Gasteiger partial charge in [-0.15, -0.1) is 10.2 Å². The number of amides is 2. The van der Waals surface area contributed by atoms with Crippen molar-refractivity contribution in [3.8, 4) is 17.3 Å². The lowest BCUT2D eigenvalue weighted by atomic mass is 10.0. The molecule has 2 aromatic carbocycles. The summed E-state index contributed by atoms with van der Waals surface area (Å²) in [5, 5.41) is 9.42. The number of unbranched alkanes of at least 4 members (excludes halogenated alkanes) is 2. The van der Waals surface area contributed by atoms with Gasteiger partial charge in [0.15, 0.2) is 10.9 Å². The minimum Gasteiger partial charge on any atom is -0.461 e. The van der Waals surface area contributed by atoms with Crippen molar-refractivity contribution in [2.75, 3.05) is 25.4 Å². The van der Waals surface area contributed by atoms with Crippen molar-refractivity contribution in [2.24, 2.45) is 0 Å². The average Bonchev–Trinajstić information content (AvgIpc) is 3.67. The zero-order valence-electron chi connectivity index (χ0n) is 24.0. The first-order valence-electron chi connectivity index (χ1n) is 14.3. The smallest absolute Gasteiger partial charge is 0.254 e. The summed E-state index contributed by atoms with van der Waals surface area (Å²) < 4.78 is 7.56. The first-order valence-corrected chi connectivity index (χ1v) is 15.3. The molecule has 1 aliphatic heterocycles. The Morgan fingerprint density at radius 3 is 2.51 bits per heavy atom. The Labute approximate surface area is 245 Å². The molecule has 0 saturated carbocycles. The highest BCUT2D eigenvalue weighted by atomic mass is 32.2. The van der Waals surface area contributed by atoms with E-state index in [4.69, 9.17) is 4.42 Å². The number of furan rings is 1. The lowest BCUT2D eigenvalue weighted by molar-refractivity contribution is -0.130. The number of carbonyl (C=O) groups excluding carboxylic acids is 2. The number of nitrogens with zero attached hydrogens (tertiary/aromatic N) is 5. The van der Waals surface area contributed by atoms with Crippen LogP contribution in [0.2, 0.25) is 0 Å². The summed E-state index contributed by atoms with van der Waals surface area (Å²) in [6.07, 6.45) is 6.24. The van der Waals surface area contributed by atoms with Crippen LogP contribution in [0.4, 0.5) is 0 Å². The Morgan fingerprint density at radius 1 is 1.00 bits per heavy atom. The molecule has 0 radical (unpaired) electrons. The second kappa shape index (κ2) is 13.2. The van der Waals surface area contributed by atoms with Crippen molar-refractivity contribution in [3.63, 3.8) is 0 Å². The van der Waals surface area contributed by atoms with E-state index in [0.29, 0.717) is 41.9 Å². The highest BCUT2D eigenvalue weighted by Crippen LogP contribution is 2.30. The van der Waals surface area contributed by atoms with Gasteiger partial charge < -0.3 is 14.2 Å². The molecule has 4 aromatic rings. The molecule has 5 rings (SSSR count). The van der Waals surface area contributed by atoms with E-state index in [1.54, 1.807) is 6.26 Å². The summed E-state index contributed by atoms with van der Waals surface area (Å²) in [5.41, 5.74) is 3.97. The van der Waals surface area contributed by atoms with Crippen molar-refractivity contribution >= 4 is 23.6 Å². The number of para-hydroxylation sites is 1. The van der Waals surface area contributed by atoms with E-state index < -0.39 is 0 Å². The van der Waals surface area contributed by atoms with Crippen LogP contribution in [-0.2, 0) is 11.2 Å². The fraction of sp³-hybridized carbons (Fsp3) is 0.375. The molecule has 1 aliphatic rings. The first-order chi connectivity index (χ1) is 20.0. The van der Waals surface area contributed by atoms with E-state index in [2.05, 4.69) is 29.3 Å². The third-order valence-corrected chi connectivity index (χ3v) is 8.48. The summed E-state index contributed by atoms with van der Waals surface area (Å²) in [6.45, 7) is 7.76. The summed E-state index contributed by atoms with van der Waals surface area (Å²) >= 11 is 1.36. The Hall–Kier alpha value is -3.85. The van der Waals surface area contributed by atoms with Gasteiger partial charge in [0.2, 0.25) is 11.7 Å². The molecule has 2 aromatic heterocycles. The summed E-state index contributed by atoms with van der Waals surface area (Å²) in [7, 11) is 0. The van der Waals surface area contributed by atoms with Crippen LogP contribution in [0.3, 0.4) is 0 Å². The van der Waals surface area contributed by atoms with Crippen molar-refractivity contribution in [2.45, 2.75) is 57.7 Å². The first kappa shape index (κ1) is 28.7. The summed E-state index contributed by atoms with van der Waals surface area (Å²) in [4.78, 5) is 30.3. The van der Waals surface area contributed by atoms with Crippen LogP contribution in [0.15, 0.2) is 76.5 Å². The van der Waals surface area contributed by atoms with E-state index in [-0.39, 0.29) is 23.6 Å². The molecule has 214 valence electrons. The average molecular weight is 572 g/mol. The van der Waals surface area contributed by atoms with Crippen LogP contribution in [0.25, 0.3) is 17.3 Å². The molecule has 0 bridgehead atoms. The molecule has 1 fully saturated rings. The maximum atomic E-state index is 13.3. The van der Waals surface area contributed by atoms with E-state index >= 15 is 0 Å². The lowest BCUT2D eigenvalue weighted by Gasteiger charge is -2.40. The highest BCUT2D eigenvalue weighted by molar-refractivity contribution is 7.99. The van der Waals surface area contributed by atoms with Crippen molar-refractivity contribution in [1.82, 2.24) is 24.6 Å². The third kappa shape index (κ3) is 6.56. The minimum atomic E-state index is -0.0735. The Bertz CT molecular complexity index is 1460. The van der Waals surface area contributed by atoms with Gasteiger partial charge in [0, 0.05) is 31.2 Å². The molecule has 0 N–H and O–H groups in total. The number of hydrogen-bond donors (Lipinski definition) is 0. The van der Waals surface area contributed by atoms with Crippen LogP contribution < -0.4 is 0 Å². The molecular formula is C32H37N5O3S. The maximum absolute atomic E-state index is 13.3. The molecule has 0 spiro atoms. The molecule has 1 unspecified atom stereocenters. The predicted octanol–water partition coefficient (Wildman–Crippen LogP) is 6.03. The molecule has 41 heavy (non-hydrogen) atoms. The van der Waals surface area contributed by atoms with E-state index in [1.807, 2.05) is 76.7 Å². The van der Waals surface area contributed by atoms with Crippen LogP contribution >= 0.6 is 11.8 Å². The molecule has 3 heterocycles. The zero-order chi connectivity index (χ0) is 28.8. The molecule has 9 heteroatoms. The van der Waals surface area contributed by atoms with Gasteiger partial charge in [-0.05, 0) is 68.1 Å². The number of hydrogen-bond acceptors (Lipinski definition) is 6. The second-order valence-corrected chi connectivity index (χ2v) is 11.5. The number of carbonyl (C=O) groups is 2. The summed E-state index contributed by atoms with van der Waals surface area (Å²) in [6, 6.07) is 19.6. The molecule has 8 nitrogen and oxygen atoms in total. The largest absolute Gasteiger partial charge is 0.461 e. The van der Waals surface area contributed by atoms with Crippen LogP contribution in [0, 0.1) is 6.92 Å². The van der Waals surface area contributed by atoms with Gasteiger partial charge in [0.1, 0.15) is 0 Å². The second-order valence-electron chi connectivity index (χ2n) is 10.5. The number of benzene rings is 2. The molecule has 1 saturated heterocycles. The fourth-order valence-corrected chi connectivity index (χ4v) is 6.07. The Kier molecular flexibility index (Phi) is 9.24. The molecule has 1 atom stereocenters. The topological polar surface area (TPSA) is 84.5 Å². The highest BCUT2D eigenvalue weighted by Gasteiger charge is 2.31. The van der Waals surface area contributed by atoms with Gasteiger partial charge in [-0.3, -0.25) is 14.2 Å². The van der Waals surface area contributed by atoms with Gasteiger partial charge in [-0.1, -0.05) is 61.9 Å². The maximum Gasteiger partial charge on any atom is 0.254 e. The van der Waals surface area contributed by atoms with E-state index in [1.165, 1.54) is 36.6 Å². The van der Waals surface area contributed by atoms with Crippen molar-refractivity contribution < 1.29 is 14.0 Å². The number of aryl methyl sites for hydroxylation is 2. The molecule has 2 amide bonds. The minimum absolute atomic E-state index is 0.0178. The quantitative estimate of drug-likeness (QED) is 0.171. The lowest BCUT2D eigenvalue weighted by Crippen LogP contribution is -2.55. The number of thioether (sulfide) groups is 1. The van der Waals surface area contributed by atoms with Gasteiger partial charge in [-0.2, -0.15) is 0 Å². The SMILES string of the molecule is CCCCCc1ccc(C(=O)N2CCN(C(=O)CSc3nnc(-c4ccco4)n3-c3ccccc3C)CC2C)cc1. The van der Waals surface area contributed by atoms with Gasteiger partial charge in [0.25, 0.3) is 5.91 Å². The predicted molar refractivity (Wildman–Crippen MR) is 161 cm³/mol. The Morgan fingerprint density at radius 2 is 1.80 bits per heavy atom. The third-order valence-electron chi connectivity index (χ3n) is 7.57. The van der Waals surface area contributed by atoms with Gasteiger partial charge in [0.05, 0.1) is 17.7 Å². The van der Waals surface area contributed by atoms with Gasteiger partial charge >= 0.3 is 0 Å². The van der Waals surface area contributed by atoms with E-state index in [0.717, 1.165) is 17.7 Å². The van der Waals surface area contributed by atoms with Crippen LogP contribution in [0.5, 0.6) is 0 Å². The standard InChI is InChI=1S/C32H37N5O3S/c1-4-5-6-11-25-14-16-26(17-15-25)31(39)36-19-18-35(21-24(36)3)29(38)22-41-32-34-33-30(28-13-9-20-40-28)37(32)27-12-8-7-10-23(27)2/h7-10,12-17,20,24H,4-6,11,18-19,21-22H2,1-3H3. The fourth-order valence-electron chi connectivity index (χ4n) is 5.22. The van der Waals surface area contributed by atoms with Crippen molar-refractivity contribution in [3.05, 3.63) is 83.6 Å². The monoisotopic (exact) mass is 571 g/mol. The number of aromatic nitrogens is 3. The van der Waals surface area contributed by atoms with Crippen molar-refractivity contribution in [1.29, 1.82) is 0 Å². The number of piperazine rings is 1. The molecular weight excluding hydrogens is 534 g/mol. The normalized spacial score (nSPS) is 15.3. The Balaban J connectivity index is 1.21. The summed E-state index contributed by atoms with van der Waals surface area (Å²) in [5.74, 6) is 1.47. The molecule has 0 aliphatic carbocycles. The van der Waals surface area contributed by atoms with E-state index in [9.17, 15) is 9.59 Å². The number of rotatable bonds is 10.